The fraction of sp³-hybridized carbons (Fsp3) is 0.333. The van der Waals surface area contributed by atoms with Crippen molar-refractivity contribution in [3.8, 4) is 0 Å². The van der Waals surface area contributed by atoms with Crippen LogP contribution in [0.1, 0.15) is 31.6 Å². The lowest BCUT2D eigenvalue weighted by molar-refractivity contribution is -0.126. The minimum Gasteiger partial charge on any atom is -0.459 e. The summed E-state index contributed by atoms with van der Waals surface area (Å²) in [5.74, 6) is 0.412. The Morgan fingerprint density at radius 1 is 1.21 bits per heavy atom. The van der Waals surface area contributed by atoms with Crippen LogP contribution in [-0.2, 0) is 14.8 Å². The van der Waals surface area contributed by atoms with E-state index in [1.54, 1.807) is 12.3 Å². The lowest BCUT2D eigenvalue weighted by Gasteiger charge is -2.31. The highest BCUT2D eigenvalue weighted by Crippen LogP contribution is 2.26. The van der Waals surface area contributed by atoms with E-state index in [0.29, 0.717) is 31.7 Å². The average molecular weight is 413 g/mol. The van der Waals surface area contributed by atoms with E-state index < -0.39 is 10.0 Å². The Morgan fingerprint density at radius 3 is 2.66 bits per heavy atom. The molecule has 3 heterocycles. The molecule has 0 saturated carbocycles. The van der Waals surface area contributed by atoms with Crippen LogP contribution in [0.5, 0.6) is 0 Å². The number of aromatic nitrogens is 1. The molecule has 1 aliphatic rings. The Hall–Kier alpha value is -2.71. The SMILES string of the molecule is C[C@H](NC(=O)C1CCN(S(=O)(=O)c2cccnc2)CC1)c1cc2ccccc2o1. The van der Waals surface area contributed by atoms with Gasteiger partial charge in [0.15, 0.2) is 0 Å². The molecule has 1 aliphatic heterocycles. The highest BCUT2D eigenvalue weighted by Gasteiger charge is 2.32. The minimum absolute atomic E-state index is 0.0728. The largest absolute Gasteiger partial charge is 0.459 e. The summed E-state index contributed by atoms with van der Waals surface area (Å²) in [4.78, 5) is 16.8. The minimum atomic E-state index is -3.57. The second kappa shape index (κ2) is 7.96. The van der Waals surface area contributed by atoms with Gasteiger partial charge in [-0.25, -0.2) is 8.42 Å². The van der Waals surface area contributed by atoms with Crippen molar-refractivity contribution >= 4 is 26.9 Å². The molecule has 7 nitrogen and oxygen atoms in total. The van der Waals surface area contributed by atoms with Gasteiger partial charge in [-0.3, -0.25) is 9.78 Å². The van der Waals surface area contributed by atoms with Crippen LogP contribution in [0, 0.1) is 5.92 Å². The Morgan fingerprint density at radius 2 is 1.97 bits per heavy atom. The van der Waals surface area contributed by atoms with Gasteiger partial charge in [-0.15, -0.1) is 0 Å². The van der Waals surface area contributed by atoms with E-state index in [-0.39, 0.29) is 22.8 Å². The van der Waals surface area contributed by atoms with E-state index in [1.165, 1.54) is 16.6 Å². The highest BCUT2D eigenvalue weighted by molar-refractivity contribution is 7.89. The van der Waals surface area contributed by atoms with Crippen molar-refractivity contribution in [3.63, 3.8) is 0 Å². The zero-order valence-corrected chi connectivity index (χ0v) is 16.9. The number of nitrogens with one attached hydrogen (secondary N) is 1. The van der Waals surface area contributed by atoms with Gasteiger partial charge in [-0.05, 0) is 44.0 Å². The summed E-state index contributed by atoms with van der Waals surface area (Å²) in [6.07, 6.45) is 3.86. The topological polar surface area (TPSA) is 92.5 Å². The average Bonchev–Trinajstić information content (AvgIpc) is 3.19. The molecular formula is C21H23N3O4S. The molecule has 0 radical (unpaired) electrons. The number of rotatable bonds is 5. The van der Waals surface area contributed by atoms with Gasteiger partial charge in [0.1, 0.15) is 16.2 Å². The van der Waals surface area contributed by atoms with Crippen LogP contribution in [0.2, 0.25) is 0 Å². The first-order valence-electron chi connectivity index (χ1n) is 9.64. The molecule has 8 heteroatoms. The van der Waals surface area contributed by atoms with E-state index in [2.05, 4.69) is 10.3 Å². The molecule has 3 aromatic rings. The summed E-state index contributed by atoms with van der Waals surface area (Å²) in [5, 5.41) is 4.00. The van der Waals surface area contributed by atoms with Crippen LogP contribution in [0.3, 0.4) is 0 Å². The second-order valence-electron chi connectivity index (χ2n) is 7.28. The number of furan rings is 1. The maximum atomic E-state index is 12.7. The smallest absolute Gasteiger partial charge is 0.244 e. The van der Waals surface area contributed by atoms with Crippen molar-refractivity contribution in [1.29, 1.82) is 0 Å². The zero-order valence-electron chi connectivity index (χ0n) is 16.1. The molecule has 0 bridgehead atoms. The number of carbonyl (C=O) groups is 1. The Labute approximate surface area is 169 Å². The van der Waals surface area contributed by atoms with Gasteiger partial charge in [0.05, 0.1) is 6.04 Å². The van der Waals surface area contributed by atoms with E-state index >= 15 is 0 Å². The lowest BCUT2D eigenvalue weighted by Crippen LogP contribution is -2.43. The molecule has 0 aliphatic carbocycles. The number of fused-ring (bicyclic) bond motifs is 1. The second-order valence-corrected chi connectivity index (χ2v) is 9.22. The summed E-state index contributed by atoms with van der Waals surface area (Å²) in [6, 6.07) is 12.5. The molecule has 1 aromatic carbocycles. The molecule has 0 unspecified atom stereocenters. The first-order chi connectivity index (χ1) is 13.9. The van der Waals surface area contributed by atoms with Gasteiger partial charge in [-0.2, -0.15) is 4.31 Å². The Balaban J connectivity index is 1.36. The van der Waals surface area contributed by atoms with Crippen LogP contribution < -0.4 is 5.32 Å². The van der Waals surface area contributed by atoms with Gasteiger partial charge in [0.25, 0.3) is 0 Å². The van der Waals surface area contributed by atoms with Crippen molar-refractivity contribution in [1.82, 2.24) is 14.6 Å². The third-order valence-corrected chi connectivity index (χ3v) is 7.21. The van der Waals surface area contributed by atoms with Crippen molar-refractivity contribution in [3.05, 3.63) is 60.6 Å². The van der Waals surface area contributed by atoms with E-state index in [9.17, 15) is 13.2 Å². The summed E-state index contributed by atoms with van der Waals surface area (Å²) >= 11 is 0. The molecule has 1 amide bonds. The predicted molar refractivity (Wildman–Crippen MR) is 108 cm³/mol. The van der Waals surface area contributed by atoms with Crippen molar-refractivity contribution in [2.24, 2.45) is 5.92 Å². The number of sulfonamides is 1. The summed E-state index contributed by atoms with van der Waals surface area (Å²) in [6.45, 7) is 2.51. The maximum Gasteiger partial charge on any atom is 0.244 e. The van der Waals surface area contributed by atoms with Gasteiger partial charge in [-0.1, -0.05) is 18.2 Å². The van der Waals surface area contributed by atoms with E-state index in [1.807, 2.05) is 37.3 Å². The molecule has 1 saturated heterocycles. The summed E-state index contributed by atoms with van der Waals surface area (Å²) < 4.78 is 32.6. The van der Waals surface area contributed by atoms with Crippen molar-refractivity contribution < 1.29 is 17.6 Å². The van der Waals surface area contributed by atoms with E-state index in [4.69, 9.17) is 4.42 Å². The fourth-order valence-corrected chi connectivity index (χ4v) is 5.06. The van der Waals surface area contributed by atoms with Crippen LogP contribution in [-0.4, -0.2) is 36.7 Å². The zero-order chi connectivity index (χ0) is 20.4. The number of hydrogen-bond acceptors (Lipinski definition) is 5. The number of para-hydroxylation sites is 1. The van der Waals surface area contributed by atoms with Gasteiger partial charge < -0.3 is 9.73 Å². The standard InChI is InChI=1S/C21H23N3O4S/c1-15(20-13-17-5-2-3-7-19(17)28-20)23-21(25)16-8-11-24(12-9-16)29(26,27)18-6-4-10-22-14-18/h2-7,10,13-16H,8-9,11-12H2,1H3,(H,23,25)/t15-/m0/s1. The Kier molecular flexibility index (Phi) is 5.38. The lowest BCUT2D eigenvalue weighted by atomic mass is 9.97. The van der Waals surface area contributed by atoms with Crippen molar-refractivity contribution in [2.75, 3.05) is 13.1 Å². The number of piperidine rings is 1. The highest BCUT2D eigenvalue weighted by atomic mass is 32.2. The van der Waals surface area contributed by atoms with Crippen LogP contribution >= 0.6 is 0 Å². The summed E-state index contributed by atoms with van der Waals surface area (Å²) in [7, 11) is -3.57. The first-order valence-corrected chi connectivity index (χ1v) is 11.1. The molecule has 4 rings (SSSR count). The molecule has 2 aromatic heterocycles. The number of amides is 1. The Bertz CT molecular complexity index is 1070. The monoisotopic (exact) mass is 413 g/mol. The number of pyridine rings is 1. The number of benzene rings is 1. The molecule has 0 spiro atoms. The molecular weight excluding hydrogens is 390 g/mol. The van der Waals surface area contributed by atoms with Crippen LogP contribution in [0.25, 0.3) is 11.0 Å². The molecule has 29 heavy (non-hydrogen) atoms. The first kappa shape index (κ1) is 19.6. The van der Waals surface area contributed by atoms with Crippen LogP contribution in [0.15, 0.2) is 64.2 Å². The molecule has 1 fully saturated rings. The fourth-order valence-electron chi connectivity index (χ4n) is 3.63. The normalized spacial score (nSPS) is 17.3. The quantitative estimate of drug-likeness (QED) is 0.694. The molecule has 152 valence electrons. The summed E-state index contributed by atoms with van der Waals surface area (Å²) in [5.41, 5.74) is 0.789. The van der Waals surface area contributed by atoms with Gasteiger partial charge in [0.2, 0.25) is 15.9 Å². The third-order valence-electron chi connectivity index (χ3n) is 5.33. The number of nitrogens with zero attached hydrogens (tertiary/aromatic N) is 2. The number of hydrogen-bond donors (Lipinski definition) is 1. The third kappa shape index (κ3) is 4.04. The van der Waals surface area contributed by atoms with E-state index in [0.717, 1.165) is 11.0 Å². The predicted octanol–water partition coefficient (Wildman–Crippen LogP) is 3.11. The number of carbonyl (C=O) groups excluding carboxylic acids is 1. The van der Waals surface area contributed by atoms with Crippen LogP contribution in [0.4, 0.5) is 0 Å². The maximum absolute atomic E-state index is 12.7. The molecule has 1 atom stereocenters. The molecule has 1 N–H and O–H groups in total. The van der Waals surface area contributed by atoms with Gasteiger partial charge in [0, 0.05) is 36.8 Å². The van der Waals surface area contributed by atoms with Crippen molar-refractivity contribution in [2.45, 2.75) is 30.7 Å². The van der Waals surface area contributed by atoms with Gasteiger partial charge >= 0.3 is 0 Å².